The molecule has 1 aromatic carbocycles. The van der Waals surface area contributed by atoms with Gasteiger partial charge in [0.25, 0.3) is 10.0 Å². The first-order chi connectivity index (χ1) is 9.62. The molecule has 20 heavy (non-hydrogen) atoms. The Kier molecular flexibility index (Phi) is 4.53. The molecule has 7 heteroatoms. The molecule has 0 bridgehead atoms. The van der Waals surface area contributed by atoms with Gasteiger partial charge in [-0.25, -0.2) is 18.1 Å². The summed E-state index contributed by atoms with van der Waals surface area (Å²) in [6.45, 7) is -0.0131. The Morgan fingerprint density at radius 2 is 2.05 bits per heavy atom. The number of imidazole rings is 1. The van der Waals surface area contributed by atoms with E-state index in [-0.39, 0.29) is 18.2 Å². The molecule has 0 fully saturated rings. The molecular weight excluding hydrogens is 278 g/mol. The van der Waals surface area contributed by atoms with Crippen LogP contribution in [0.5, 0.6) is 0 Å². The van der Waals surface area contributed by atoms with Crippen molar-refractivity contribution in [2.75, 3.05) is 6.61 Å². The molecule has 0 aliphatic heterocycles. The molecule has 6 nitrogen and oxygen atoms in total. The topological polar surface area (TPSA) is 95.1 Å². The summed E-state index contributed by atoms with van der Waals surface area (Å²) in [5.41, 5.74) is 1.57. The van der Waals surface area contributed by atoms with E-state index in [0.29, 0.717) is 0 Å². The fraction of sp³-hybridized carbons (Fsp3) is 0.154. The van der Waals surface area contributed by atoms with E-state index in [1.54, 1.807) is 24.3 Å². The van der Waals surface area contributed by atoms with E-state index in [4.69, 9.17) is 5.11 Å². The molecule has 2 rings (SSSR count). The number of aliphatic hydroxyl groups excluding tert-OH is 1. The summed E-state index contributed by atoms with van der Waals surface area (Å²) in [5.74, 6) is 5.31. The molecule has 0 saturated carbocycles. The van der Waals surface area contributed by atoms with Crippen LogP contribution in [0.25, 0.3) is 0 Å². The predicted molar refractivity (Wildman–Crippen MR) is 73.0 cm³/mol. The van der Waals surface area contributed by atoms with E-state index >= 15 is 0 Å². The Balaban J connectivity index is 2.01. The first kappa shape index (κ1) is 14.3. The van der Waals surface area contributed by atoms with E-state index in [1.165, 1.54) is 12.5 Å². The summed E-state index contributed by atoms with van der Waals surface area (Å²) in [7, 11) is -3.57. The van der Waals surface area contributed by atoms with Gasteiger partial charge in [0.2, 0.25) is 0 Å². The zero-order valence-electron chi connectivity index (χ0n) is 10.5. The van der Waals surface area contributed by atoms with Gasteiger partial charge >= 0.3 is 0 Å². The summed E-state index contributed by atoms with van der Waals surface area (Å²) in [6.07, 6.45) is 2.55. The van der Waals surface area contributed by atoms with Gasteiger partial charge in [-0.1, -0.05) is 24.0 Å². The highest BCUT2D eigenvalue weighted by Gasteiger charge is 2.14. The molecule has 0 amide bonds. The maximum atomic E-state index is 11.8. The molecule has 0 aliphatic rings. The number of sulfonamides is 1. The highest BCUT2D eigenvalue weighted by molar-refractivity contribution is 7.89. The van der Waals surface area contributed by atoms with E-state index in [2.05, 4.69) is 26.5 Å². The first-order valence-electron chi connectivity index (χ1n) is 5.78. The lowest BCUT2D eigenvalue weighted by Crippen LogP contribution is -2.23. The number of nitrogens with one attached hydrogen (secondary N) is 2. The maximum absolute atomic E-state index is 11.8. The van der Waals surface area contributed by atoms with Crippen molar-refractivity contribution in [3.8, 4) is 11.8 Å². The second-order valence-electron chi connectivity index (χ2n) is 3.90. The monoisotopic (exact) mass is 291 g/mol. The largest absolute Gasteiger partial charge is 0.384 e. The van der Waals surface area contributed by atoms with Crippen LogP contribution >= 0.6 is 0 Å². The van der Waals surface area contributed by atoms with Crippen molar-refractivity contribution in [1.29, 1.82) is 0 Å². The van der Waals surface area contributed by atoms with Crippen LogP contribution < -0.4 is 4.72 Å². The number of H-pyrrole nitrogens is 1. The second-order valence-corrected chi connectivity index (χ2v) is 5.63. The standard InChI is InChI=1S/C13H13N3O3S/c17-7-1-2-11-3-5-12(6-4-11)8-16-20(18,19)13-9-14-10-15-13/h3-6,9-10,16-17H,7-8H2,(H,14,15). The Labute approximate surface area is 116 Å². The third kappa shape index (κ3) is 3.68. The van der Waals surface area contributed by atoms with Gasteiger partial charge in [-0.2, -0.15) is 0 Å². The minimum Gasteiger partial charge on any atom is -0.384 e. The van der Waals surface area contributed by atoms with Crippen LogP contribution in [0.1, 0.15) is 11.1 Å². The Morgan fingerprint density at radius 3 is 2.65 bits per heavy atom. The molecule has 0 saturated heterocycles. The Morgan fingerprint density at radius 1 is 1.30 bits per heavy atom. The Hall–Kier alpha value is -2.14. The molecule has 2 aromatic rings. The minimum absolute atomic E-state index is 0.0305. The van der Waals surface area contributed by atoms with E-state index in [0.717, 1.165) is 11.1 Å². The number of nitrogens with zero attached hydrogens (tertiary/aromatic N) is 1. The van der Waals surface area contributed by atoms with Gasteiger partial charge in [0.1, 0.15) is 6.61 Å². The van der Waals surface area contributed by atoms with Gasteiger partial charge in [-0.3, -0.25) is 0 Å². The predicted octanol–water partition coefficient (Wildman–Crippen LogP) is 0.232. The second kappa shape index (κ2) is 6.34. The number of rotatable bonds is 4. The number of aliphatic hydroxyl groups is 1. The molecule has 0 unspecified atom stereocenters. The van der Waals surface area contributed by atoms with Crippen LogP contribution in [0, 0.1) is 11.8 Å². The van der Waals surface area contributed by atoms with Gasteiger partial charge in [0.05, 0.1) is 12.5 Å². The summed E-state index contributed by atoms with van der Waals surface area (Å²) >= 11 is 0. The molecule has 104 valence electrons. The number of aromatic nitrogens is 2. The summed E-state index contributed by atoms with van der Waals surface area (Å²) in [6, 6.07) is 7.08. The van der Waals surface area contributed by atoms with E-state index in [9.17, 15) is 8.42 Å². The fourth-order valence-corrected chi connectivity index (χ4v) is 2.41. The smallest absolute Gasteiger partial charge is 0.257 e. The third-order valence-electron chi connectivity index (χ3n) is 2.49. The summed E-state index contributed by atoms with van der Waals surface area (Å²) in [4.78, 5) is 6.22. The van der Waals surface area contributed by atoms with Crippen molar-refractivity contribution in [2.24, 2.45) is 0 Å². The van der Waals surface area contributed by atoms with Crippen LogP contribution in [0.2, 0.25) is 0 Å². The van der Waals surface area contributed by atoms with Crippen molar-refractivity contribution in [3.05, 3.63) is 47.9 Å². The van der Waals surface area contributed by atoms with E-state index < -0.39 is 10.0 Å². The molecule has 1 aromatic heterocycles. The number of aromatic amines is 1. The average Bonchev–Trinajstić information content (AvgIpc) is 2.99. The van der Waals surface area contributed by atoms with Gasteiger partial charge in [-0.05, 0) is 17.7 Å². The summed E-state index contributed by atoms with van der Waals surface area (Å²) < 4.78 is 26.2. The highest BCUT2D eigenvalue weighted by Crippen LogP contribution is 2.06. The Bertz CT molecular complexity index is 710. The zero-order valence-corrected chi connectivity index (χ0v) is 11.3. The van der Waals surface area contributed by atoms with Crippen LogP contribution in [0.4, 0.5) is 0 Å². The number of benzene rings is 1. The molecule has 1 heterocycles. The lowest BCUT2D eigenvalue weighted by atomic mass is 10.1. The van der Waals surface area contributed by atoms with Crippen LogP contribution in [0.3, 0.4) is 0 Å². The first-order valence-corrected chi connectivity index (χ1v) is 7.27. The molecule has 0 aliphatic carbocycles. The zero-order chi connectivity index (χ0) is 14.4. The van der Waals surface area contributed by atoms with Crippen molar-refractivity contribution in [1.82, 2.24) is 14.7 Å². The van der Waals surface area contributed by atoms with Crippen molar-refractivity contribution in [3.63, 3.8) is 0 Å². The van der Waals surface area contributed by atoms with Crippen molar-refractivity contribution in [2.45, 2.75) is 11.6 Å². The number of hydrogen-bond acceptors (Lipinski definition) is 4. The minimum atomic E-state index is -3.57. The van der Waals surface area contributed by atoms with Gasteiger partial charge in [0, 0.05) is 12.1 Å². The average molecular weight is 291 g/mol. The molecular formula is C13H13N3O3S. The van der Waals surface area contributed by atoms with E-state index in [1.807, 2.05) is 0 Å². The fourth-order valence-electron chi connectivity index (χ4n) is 1.49. The van der Waals surface area contributed by atoms with Gasteiger partial charge in [0.15, 0.2) is 5.03 Å². The normalized spacial score (nSPS) is 10.8. The van der Waals surface area contributed by atoms with Gasteiger partial charge in [-0.15, -0.1) is 0 Å². The highest BCUT2D eigenvalue weighted by atomic mass is 32.2. The SMILES string of the molecule is O=S(=O)(NCc1ccc(C#CCO)cc1)c1cnc[nH]1. The lowest BCUT2D eigenvalue weighted by Gasteiger charge is -2.04. The van der Waals surface area contributed by atoms with Gasteiger partial charge < -0.3 is 10.1 Å². The maximum Gasteiger partial charge on any atom is 0.257 e. The summed E-state index contributed by atoms with van der Waals surface area (Å²) in [5, 5.41) is 8.62. The van der Waals surface area contributed by atoms with Crippen molar-refractivity contribution < 1.29 is 13.5 Å². The van der Waals surface area contributed by atoms with Crippen LogP contribution in [-0.4, -0.2) is 30.1 Å². The molecule has 3 N–H and O–H groups in total. The van der Waals surface area contributed by atoms with Crippen LogP contribution in [0.15, 0.2) is 41.8 Å². The quantitative estimate of drug-likeness (QED) is 0.703. The van der Waals surface area contributed by atoms with Crippen molar-refractivity contribution >= 4 is 10.0 Å². The molecule has 0 radical (unpaired) electrons. The number of hydrogen-bond donors (Lipinski definition) is 3. The van der Waals surface area contributed by atoms with Crippen LogP contribution in [-0.2, 0) is 16.6 Å². The molecule has 0 spiro atoms. The molecule has 0 atom stereocenters. The third-order valence-corrected chi connectivity index (χ3v) is 3.82. The lowest BCUT2D eigenvalue weighted by molar-refractivity contribution is 0.350.